The number of nitrogens with one attached hydrogen (secondary N) is 1. The highest BCUT2D eigenvalue weighted by molar-refractivity contribution is 6.42. The number of rotatable bonds is 10. The molecule has 1 fully saturated rings. The van der Waals surface area contributed by atoms with Gasteiger partial charge in [-0.3, -0.25) is 14.6 Å². The van der Waals surface area contributed by atoms with E-state index in [2.05, 4.69) is 30.2 Å². The van der Waals surface area contributed by atoms with Crippen molar-refractivity contribution in [3.8, 4) is 16.9 Å². The fourth-order valence-electron chi connectivity index (χ4n) is 5.71. The van der Waals surface area contributed by atoms with Gasteiger partial charge >= 0.3 is 0 Å². The van der Waals surface area contributed by atoms with E-state index >= 15 is 0 Å². The number of nitrogens with two attached hydrogens (primary N) is 1. The molecule has 1 aliphatic rings. The summed E-state index contributed by atoms with van der Waals surface area (Å²) in [6.45, 7) is 4.35. The summed E-state index contributed by atoms with van der Waals surface area (Å²) in [5.74, 6) is -0.423. The van der Waals surface area contributed by atoms with Crippen LogP contribution in [-0.2, 0) is 16.0 Å². The first-order chi connectivity index (χ1) is 19.6. The van der Waals surface area contributed by atoms with Gasteiger partial charge in [-0.2, -0.15) is 5.10 Å². The number of amides is 2. The van der Waals surface area contributed by atoms with Crippen LogP contribution in [0.15, 0.2) is 79.1 Å². The lowest BCUT2D eigenvalue weighted by Gasteiger charge is -2.52. The minimum absolute atomic E-state index is 0.120. The number of halogens is 2. The minimum Gasteiger partial charge on any atom is -0.368 e. The van der Waals surface area contributed by atoms with Crippen LogP contribution in [0.25, 0.3) is 16.9 Å². The molecule has 41 heavy (non-hydrogen) atoms. The van der Waals surface area contributed by atoms with Crippen LogP contribution >= 0.6 is 23.2 Å². The summed E-state index contributed by atoms with van der Waals surface area (Å²) in [6, 6.07) is 20.6. The lowest BCUT2D eigenvalue weighted by atomic mass is 9.52. The number of carbonyl (C=O) groups is 2. The van der Waals surface area contributed by atoms with Gasteiger partial charge in [0.15, 0.2) is 0 Å². The topological polar surface area (TPSA) is 103 Å². The van der Waals surface area contributed by atoms with E-state index in [0.717, 1.165) is 34.6 Å². The van der Waals surface area contributed by atoms with Gasteiger partial charge in [0, 0.05) is 36.0 Å². The Morgan fingerprint density at radius 2 is 1.85 bits per heavy atom. The maximum absolute atomic E-state index is 13.1. The van der Waals surface area contributed by atoms with E-state index in [1.54, 1.807) is 18.5 Å². The Morgan fingerprint density at radius 3 is 2.51 bits per heavy atom. The molecular formula is C32H33Cl2N5O2. The van der Waals surface area contributed by atoms with Crippen LogP contribution in [0.2, 0.25) is 10.0 Å². The van der Waals surface area contributed by atoms with E-state index in [1.165, 1.54) is 0 Å². The third kappa shape index (κ3) is 6.31. The SMILES string of the molecule is CC1(C)[C@@H](CC(=O)N[C@@H](CCc2ccccc2)C(N)=O)C[C@@H]1c1cc(-c2cccnc2)nn1-c1ccc(Cl)c(Cl)c1. The Hall–Kier alpha value is -3.68. The zero-order chi connectivity index (χ0) is 29.1. The molecule has 0 radical (unpaired) electrons. The lowest BCUT2D eigenvalue weighted by Crippen LogP contribution is -2.49. The Balaban J connectivity index is 1.32. The molecule has 3 N–H and O–H groups in total. The number of benzene rings is 2. The quantitative estimate of drug-likeness (QED) is 0.224. The summed E-state index contributed by atoms with van der Waals surface area (Å²) >= 11 is 12.6. The average molecular weight is 591 g/mol. The van der Waals surface area contributed by atoms with E-state index in [4.69, 9.17) is 34.0 Å². The van der Waals surface area contributed by atoms with Crippen molar-refractivity contribution in [1.82, 2.24) is 20.1 Å². The summed E-state index contributed by atoms with van der Waals surface area (Å²) in [4.78, 5) is 29.4. The number of nitrogens with zero attached hydrogens (tertiary/aromatic N) is 3. The predicted molar refractivity (Wildman–Crippen MR) is 162 cm³/mol. The number of pyridine rings is 1. The first kappa shape index (κ1) is 28.8. The number of carbonyl (C=O) groups excluding carboxylic acids is 2. The molecule has 3 atom stereocenters. The number of aryl methyl sites for hydroxylation is 1. The molecule has 0 saturated heterocycles. The molecule has 5 rings (SSSR count). The van der Waals surface area contributed by atoms with Crippen molar-refractivity contribution in [1.29, 1.82) is 0 Å². The van der Waals surface area contributed by atoms with Crippen LogP contribution in [0.4, 0.5) is 0 Å². The molecule has 2 amide bonds. The number of hydrogen-bond acceptors (Lipinski definition) is 4. The van der Waals surface area contributed by atoms with Gasteiger partial charge in [0.2, 0.25) is 11.8 Å². The third-order valence-electron chi connectivity index (χ3n) is 8.34. The Kier molecular flexibility index (Phi) is 8.47. The number of hydrogen-bond donors (Lipinski definition) is 2. The zero-order valence-corrected chi connectivity index (χ0v) is 24.6. The molecule has 7 nitrogen and oxygen atoms in total. The summed E-state index contributed by atoms with van der Waals surface area (Å²) < 4.78 is 1.92. The largest absolute Gasteiger partial charge is 0.368 e. The van der Waals surface area contributed by atoms with Crippen molar-refractivity contribution in [3.63, 3.8) is 0 Å². The minimum atomic E-state index is -0.709. The van der Waals surface area contributed by atoms with Crippen LogP contribution in [0.3, 0.4) is 0 Å². The Morgan fingerprint density at radius 1 is 1.07 bits per heavy atom. The number of aromatic nitrogens is 3. The lowest BCUT2D eigenvalue weighted by molar-refractivity contribution is -0.130. The van der Waals surface area contributed by atoms with Gasteiger partial charge in [0.1, 0.15) is 6.04 Å². The molecule has 212 valence electrons. The monoisotopic (exact) mass is 589 g/mol. The molecule has 0 spiro atoms. The van der Waals surface area contributed by atoms with Crippen molar-refractivity contribution < 1.29 is 9.59 Å². The van der Waals surface area contributed by atoms with Gasteiger partial charge in [0.25, 0.3) is 0 Å². The molecule has 0 aliphatic heterocycles. The summed E-state index contributed by atoms with van der Waals surface area (Å²) in [5.41, 5.74) is 10.1. The van der Waals surface area contributed by atoms with Crippen molar-refractivity contribution in [2.24, 2.45) is 17.1 Å². The van der Waals surface area contributed by atoms with Gasteiger partial charge < -0.3 is 11.1 Å². The maximum Gasteiger partial charge on any atom is 0.240 e. The molecule has 2 heterocycles. The Labute approximate surface area is 250 Å². The van der Waals surface area contributed by atoms with Crippen LogP contribution < -0.4 is 11.1 Å². The first-order valence-corrected chi connectivity index (χ1v) is 14.5. The zero-order valence-electron chi connectivity index (χ0n) is 23.1. The van der Waals surface area contributed by atoms with E-state index < -0.39 is 11.9 Å². The van der Waals surface area contributed by atoms with E-state index in [0.29, 0.717) is 29.3 Å². The second-order valence-corrected chi connectivity index (χ2v) is 12.1. The van der Waals surface area contributed by atoms with E-state index in [9.17, 15) is 9.59 Å². The highest BCUT2D eigenvalue weighted by Gasteiger charge is 2.50. The van der Waals surface area contributed by atoms with E-state index in [1.807, 2.05) is 59.3 Å². The highest BCUT2D eigenvalue weighted by atomic mass is 35.5. The highest BCUT2D eigenvalue weighted by Crippen LogP contribution is 2.58. The first-order valence-electron chi connectivity index (χ1n) is 13.7. The summed E-state index contributed by atoms with van der Waals surface area (Å²) in [7, 11) is 0. The average Bonchev–Trinajstić information content (AvgIpc) is 3.40. The van der Waals surface area contributed by atoms with Crippen molar-refractivity contribution in [2.45, 2.75) is 51.5 Å². The Bertz CT molecular complexity index is 1540. The van der Waals surface area contributed by atoms with Gasteiger partial charge in [-0.1, -0.05) is 67.4 Å². The molecule has 9 heteroatoms. The molecule has 0 unspecified atom stereocenters. The molecule has 2 aromatic carbocycles. The fraction of sp³-hybridized carbons (Fsp3) is 0.312. The molecule has 0 bridgehead atoms. The van der Waals surface area contributed by atoms with Crippen LogP contribution in [0, 0.1) is 11.3 Å². The second kappa shape index (κ2) is 12.0. The molecule has 4 aromatic rings. The van der Waals surface area contributed by atoms with Crippen LogP contribution in [0.1, 0.15) is 50.3 Å². The van der Waals surface area contributed by atoms with Gasteiger partial charge in [0.05, 0.1) is 21.4 Å². The van der Waals surface area contributed by atoms with Crippen molar-refractivity contribution in [3.05, 3.63) is 100 Å². The molecule has 1 saturated carbocycles. The van der Waals surface area contributed by atoms with Gasteiger partial charge in [-0.05, 0) is 72.6 Å². The second-order valence-electron chi connectivity index (χ2n) is 11.3. The summed E-state index contributed by atoms with van der Waals surface area (Å²) in [5, 5.41) is 8.74. The normalized spacial score (nSPS) is 18.3. The number of primary amides is 1. The van der Waals surface area contributed by atoms with Gasteiger partial charge in [-0.15, -0.1) is 0 Å². The smallest absolute Gasteiger partial charge is 0.240 e. The predicted octanol–water partition coefficient (Wildman–Crippen LogP) is 6.36. The molecule has 1 aliphatic carbocycles. The maximum atomic E-state index is 13.1. The van der Waals surface area contributed by atoms with Crippen molar-refractivity contribution in [2.75, 3.05) is 0 Å². The molecular weight excluding hydrogens is 557 g/mol. The van der Waals surface area contributed by atoms with E-state index in [-0.39, 0.29) is 23.2 Å². The van der Waals surface area contributed by atoms with Crippen molar-refractivity contribution >= 4 is 35.0 Å². The van der Waals surface area contributed by atoms with Crippen LogP contribution in [0.5, 0.6) is 0 Å². The summed E-state index contributed by atoms with van der Waals surface area (Å²) in [6.07, 6.45) is 5.75. The molecule has 2 aromatic heterocycles. The standard InChI is InChI=1S/C32H33Cl2N5O2/c1-32(2)22(16-30(40)37-27(31(35)41)13-10-20-7-4-3-5-8-20)15-24(32)29-18-28(21-9-6-14-36-19-21)38-39(29)23-11-12-25(33)26(34)17-23/h3-9,11-12,14,17-19,22,24,27H,10,13,15-16H2,1-2H3,(H2,35,41)(H,37,40)/t22-,24-,27+/m1/s1. The fourth-order valence-corrected chi connectivity index (χ4v) is 6.00. The third-order valence-corrected chi connectivity index (χ3v) is 9.08. The van der Waals surface area contributed by atoms with Gasteiger partial charge in [-0.25, -0.2) is 4.68 Å². The van der Waals surface area contributed by atoms with Crippen LogP contribution in [-0.4, -0.2) is 32.6 Å².